The molecule has 4 aliphatic rings. The summed E-state index contributed by atoms with van der Waals surface area (Å²) < 4.78 is 0. The maximum Gasteiger partial charge on any atom is 0.261 e. The van der Waals surface area contributed by atoms with Gasteiger partial charge in [0.1, 0.15) is 24.2 Å². The van der Waals surface area contributed by atoms with Crippen molar-refractivity contribution < 1.29 is 38.4 Å². The monoisotopic (exact) mass is 2420 g/mol. The molecule has 614 valence electrons. The first-order valence-electron chi connectivity index (χ1n) is 30.5. The van der Waals surface area contributed by atoms with Crippen molar-refractivity contribution in [2.45, 2.75) is 104 Å². The van der Waals surface area contributed by atoms with Crippen molar-refractivity contribution in [1.82, 2.24) is 52.4 Å². The summed E-state index contributed by atoms with van der Waals surface area (Å²) in [6.45, 7) is 8.54. The Kier molecular flexibility index (Phi) is 70.8. The first-order valence-corrected chi connectivity index (χ1v) is 125. The van der Waals surface area contributed by atoms with Gasteiger partial charge in [0.05, 0.1) is 18.4 Å². The lowest BCUT2D eigenvalue weighted by molar-refractivity contribution is -0.141. The third kappa shape index (κ3) is 40.9. The highest BCUT2D eigenvalue weighted by Crippen LogP contribution is 3.46. The quantitative estimate of drug-likeness (QED) is 0.0131. The molecular formula is C35H111N11O8P52. The molecule has 4 heterocycles. The van der Waals surface area contributed by atoms with Gasteiger partial charge in [0.25, 0.3) is 11.8 Å². The van der Waals surface area contributed by atoms with Gasteiger partial charge in [-0.1, -0.05) is 27.7 Å². The Morgan fingerprint density at radius 2 is 0.736 bits per heavy atom. The van der Waals surface area contributed by atoms with Gasteiger partial charge in [0, 0.05) is 46.6 Å². The molecule has 7 N–H and O–H groups in total. The van der Waals surface area contributed by atoms with Crippen LogP contribution in [0.4, 0.5) is 0 Å². The van der Waals surface area contributed by atoms with Crippen LogP contribution in [0.5, 0.6) is 0 Å². The summed E-state index contributed by atoms with van der Waals surface area (Å²) in [6.07, 6.45) is 5.10. The number of hydrazine groups is 2. The topological polar surface area (TPSA) is 254 Å². The van der Waals surface area contributed by atoms with Gasteiger partial charge >= 0.3 is 0 Å². The van der Waals surface area contributed by atoms with Gasteiger partial charge < -0.3 is 31.1 Å². The van der Waals surface area contributed by atoms with Gasteiger partial charge in [0.2, 0.25) is 35.4 Å². The molecule has 4 aliphatic heterocycles. The minimum atomic E-state index is -0.750. The second kappa shape index (κ2) is 62.8. The molecule has 4 saturated heterocycles. The second-order valence-corrected chi connectivity index (χ2v) is 237. The zero-order valence-electron chi connectivity index (χ0n) is 58.9. The number of hydrogen-bond acceptors (Lipinski definition) is 11. The number of rotatable bonds is 40. The largest absolute Gasteiger partial charge is 0.356 e. The first kappa shape index (κ1) is 119. The van der Waals surface area contributed by atoms with E-state index in [-0.39, 0.29) is 246 Å². The highest BCUT2D eigenvalue weighted by Gasteiger charge is 2.59. The van der Waals surface area contributed by atoms with Crippen LogP contribution in [0.2, 0.25) is 0 Å². The number of nitrogens with one attached hydrogen (secondary N) is 7. The molecule has 0 saturated carbocycles. The summed E-state index contributed by atoms with van der Waals surface area (Å²) in [6, 6.07) is -2.55. The third-order valence-corrected chi connectivity index (χ3v) is 374. The van der Waals surface area contributed by atoms with Crippen molar-refractivity contribution in [2.75, 3.05) is 39.3 Å². The smallest absolute Gasteiger partial charge is 0.261 e. The Bertz CT molecular complexity index is 2690. The van der Waals surface area contributed by atoms with Crippen LogP contribution in [0.1, 0.15) is 80.1 Å². The van der Waals surface area contributed by atoms with E-state index in [0.717, 1.165) is 11.4 Å². The Morgan fingerprint density at radius 1 is 0.443 bits per heavy atom. The van der Waals surface area contributed by atoms with Crippen molar-refractivity contribution in [2.24, 2.45) is 23.7 Å². The molecule has 4 rings (SSSR count). The Hall–Kier alpha value is 17.4. The van der Waals surface area contributed by atoms with Crippen molar-refractivity contribution in [3.8, 4) is 6.19 Å². The Balaban J connectivity index is 0.000000590. The van der Waals surface area contributed by atoms with Crippen molar-refractivity contribution in [3.63, 3.8) is 0 Å². The molecule has 0 radical (unpaired) electrons. The van der Waals surface area contributed by atoms with E-state index in [0.29, 0.717) is 64.8 Å². The molecule has 0 aliphatic carbocycles. The molecule has 19 nitrogen and oxygen atoms in total. The number of likely N-dealkylation sites (tertiary alicyclic amines) is 2. The minimum absolute atomic E-state index is 0.0154. The standard InChI is InChI=1S/C18H28N6O4.C17H29N5O4.H54P52/c1-11(2)8-15(24-7-5-14(18(24)28)21-12(3)25)17(27)22-23(10-19)9-13-4-6-20-16(13)26;1-10(2)8-14(22-7-5-13(17(22)26)20-11(3)23)16(25)21-19-9-12-4-6-18-15(12)24;1-28(2)41(27)48(42(29(3)4)30(5)6)51(47(39(23)24)40(25)26)52(49(43(31(7)8)32(9)10)44(33(11)12)34(13)14)50(45(35(15)16)36(17)18)46(37(19)20)38(21)22/h11,13-15H,4-9H2,1-3H3,(H,20,26)(H,21,25)(H,22,27);10,12-14,19H,4-9H2,1-3H3,(H,18,24)(H,20,23)(H,21,25);1-27H2/t13-,14-,15-;12-,13-,14-;/m00./s1. The fourth-order valence-electron chi connectivity index (χ4n) is 9.98. The van der Waals surface area contributed by atoms with Crippen LogP contribution in [0.15, 0.2) is 0 Å². The molecule has 0 aromatic rings. The van der Waals surface area contributed by atoms with E-state index in [2.05, 4.69) is 279 Å². The summed E-state index contributed by atoms with van der Waals surface area (Å²) in [4.78, 5) is 99.5. The summed E-state index contributed by atoms with van der Waals surface area (Å²) in [5, 5.41) is 21.1. The fourth-order valence-corrected chi connectivity index (χ4v) is 739. The van der Waals surface area contributed by atoms with Crippen LogP contribution < -0.4 is 37.5 Å². The highest BCUT2D eigenvalue weighted by atomic mass is 33.6. The second-order valence-electron chi connectivity index (χ2n) is 23.3. The molecule has 0 aromatic heterocycles. The van der Waals surface area contributed by atoms with Crippen LogP contribution in [0.3, 0.4) is 0 Å². The van der Waals surface area contributed by atoms with E-state index >= 15 is 0 Å². The SMILES string of the molecule is CC(=O)N[C@H]1CCN([C@@H](CC(C)C)C(=O)NN(C#N)C[C@@H]2CCNC2=O)C1=O.CC(=O)N[C@H]1CCN([C@@H](CC(C)C)C(=O)NNC[C@@H]2CCNC2=O)C1=O.PP(P)P(P)P(P(P(P)P)P(P)P)P(P(P(P)P)P(P)P)P(P(P(P(P)P)P(P)P)P(P(P)P)P(P)P)P(P(P(P)P)P(P)P)P(P(P)P)P(P)P. The zero-order valence-corrected chi connectivity index (χ0v) is 112. The predicted octanol–water partition coefficient (Wildman–Crippen LogP) is 28.3. The molecule has 71 heteroatoms. The van der Waals surface area contributed by atoms with Crippen molar-refractivity contribution in [1.29, 1.82) is 5.26 Å². The van der Waals surface area contributed by atoms with Gasteiger partial charge in [0.15, 0.2) is 6.19 Å². The fraction of sp³-hybridized carbons (Fsp3) is 0.743. The first-order chi connectivity index (χ1) is 49.1. The van der Waals surface area contributed by atoms with Crippen molar-refractivity contribution >= 4 is 463 Å². The molecule has 0 bridgehead atoms. The van der Waals surface area contributed by atoms with E-state index in [1.807, 2.05) is 33.9 Å². The maximum atomic E-state index is 12.9. The minimum Gasteiger partial charge on any atom is -0.356 e. The molecule has 4 fully saturated rings. The number of nitrogens with zero attached hydrogens (tertiary/aromatic N) is 4. The molecule has 0 aromatic carbocycles. The number of amides is 8. The molecule has 8 amide bonds. The highest BCUT2D eigenvalue weighted by molar-refractivity contribution is 9.52. The van der Waals surface area contributed by atoms with Crippen LogP contribution in [0, 0.1) is 35.1 Å². The van der Waals surface area contributed by atoms with Gasteiger partial charge in [-0.25, -0.2) is 10.4 Å². The number of nitriles is 1. The molecule has 0 spiro atoms. The number of carbonyl (C=O) groups excluding carboxylic acids is 8. The van der Waals surface area contributed by atoms with Crippen LogP contribution in [-0.4, -0.2) is 126 Å². The van der Waals surface area contributed by atoms with E-state index in [1.165, 1.54) is 18.7 Å². The van der Waals surface area contributed by atoms with Crippen LogP contribution in [-0.2, 0) is 38.4 Å². The number of carbonyl (C=O) groups is 8. The summed E-state index contributed by atoms with van der Waals surface area (Å²) in [7, 11) is 94.3. The van der Waals surface area contributed by atoms with E-state index < -0.39 is 30.1 Å². The summed E-state index contributed by atoms with van der Waals surface area (Å²) in [5.41, 5.74) is 8.01. The molecular weight excluding hydrogens is 2310 g/mol. The summed E-state index contributed by atoms with van der Waals surface area (Å²) >= 11 is 0. The normalized spacial score (nSPS) is 19.7. The van der Waals surface area contributed by atoms with E-state index in [4.69, 9.17) is 0 Å². The summed E-state index contributed by atoms with van der Waals surface area (Å²) in [5.74, 6) is -2.15. The van der Waals surface area contributed by atoms with E-state index in [1.54, 1.807) is 4.90 Å². The van der Waals surface area contributed by atoms with Gasteiger partial charge in [-0.3, -0.25) is 49.2 Å². The van der Waals surface area contributed by atoms with Crippen LogP contribution in [0.25, 0.3) is 0 Å². The van der Waals surface area contributed by atoms with E-state index in [9.17, 15) is 43.6 Å². The van der Waals surface area contributed by atoms with Crippen LogP contribution >= 0.6 is 416 Å². The predicted molar refractivity (Wildman–Crippen MR) is 628 cm³/mol. The molecule has 30 unspecified atom stereocenters. The average molecular weight is 2420 g/mol. The zero-order chi connectivity index (χ0) is 81.5. The molecule has 106 heavy (non-hydrogen) atoms. The lowest BCUT2D eigenvalue weighted by atomic mass is 10.0. The lowest BCUT2D eigenvalue weighted by Crippen LogP contribution is -2.54. The lowest BCUT2D eigenvalue weighted by Gasteiger charge is -2.58. The maximum absolute atomic E-state index is 12.9. The van der Waals surface area contributed by atoms with Gasteiger partial charge in [-0.2, -0.15) is 5.26 Å². The third-order valence-electron chi connectivity index (χ3n) is 14.1. The average Bonchev–Trinajstić information content (AvgIpc) is 0.984. The molecule has 36 atom stereocenters. The Labute approximate surface area is 724 Å². The van der Waals surface area contributed by atoms with Gasteiger partial charge in [-0.05, 0) is 225 Å². The van der Waals surface area contributed by atoms with Gasteiger partial charge in [-0.15, -0.1) is 241 Å². The Morgan fingerprint density at radius 3 is 1.01 bits per heavy atom. The number of hydrogen-bond donors (Lipinski definition) is 7. The van der Waals surface area contributed by atoms with Crippen molar-refractivity contribution in [3.05, 3.63) is 0 Å².